The minimum atomic E-state index is -4.51. The standard InChI is InChI=1S/C19H16F3N3O2/c1-2-10-25-18(27)15-9-4-3-8-14(15)16(24-25)17(26)23-13-7-5-6-12(11-13)19(20,21)22/h3-9,11H,2,10H2,1H3,(H,23,26). The van der Waals surface area contributed by atoms with Crippen molar-refractivity contribution < 1.29 is 18.0 Å². The normalized spacial score (nSPS) is 11.6. The Morgan fingerprint density at radius 1 is 1.11 bits per heavy atom. The molecule has 0 atom stereocenters. The second-order valence-electron chi connectivity index (χ2n) is 5.96. The van der Waals surface area contributed by atoms with Crippen molar-refractivity contribution in [3.05, 3.63) is 70.1 Å². The SMILES string of the molecule is CCCn1nc(C(=O)Nc2cccc(C(F)(F)F)c2)c2ccccc2c1=O. The zero-order chi connectivity index (χ0) is 19.6. The predicted molar refractivity (Wildman–Crippen MR) is 95.7 cm³/mol. The van der Waals surface area contributed by atoms with Gasteiger partial charge in [-0.05, 0) is 30.7 Å². The summed E-state index contributed by atoms with van der Waals surface area (Å²) in [6.45, 7) is 2.19. The van der Waals surface area contributed by atoms with Crippen molar-refractivity contribution in [1.29, 1.82) is 0 Å². The van der Waals surface area contributed by atoms with E-state index in [4.69, 9.17) is 0 Å². The molecule has 3 rings (SSSR count). The van der Waals surface area contributed by atoms with Crippen molar-refractivity contribution in [3.8, 4) is 0 Å². The number of halogens is 3. The summed E-state index contributed by atoms with van der Waals surface area (Å²) in [6, 6.07) is 10.9. The summed E-state index contributed by atoms with van der Waals surface area (Å²) in [5.41, 5.74) is -1.21. The lowest BCUT2D eigenvalue weighted by Gasteiger charge is -2.12. The quantitative estimate of drug-likeness (QED) is 0.747. The number of fused-ring (bicyclic) bond motifs is 1. The van der Waals surface area contributed by atoms with Crippen LogP contribution in [0.15, 0.2) is 53.3 Å². The molecule has 5 nitrogen and oxygen atoms in total. The lowest BCUT2D eigenvalue weighted by Crippen LogP contribution is -2.27. The molecule has 0 saturated heterocycles. The van der Waals surface area contributed by atoms with Crippen LogP contribution in [-0.2, 0) is 12.7 Å². The van der Waals surface area contributed by atoms with Crippen molar-refractivity contribution >= 4 is 22.4 Å². The molecule has 0 fully saturated rings. The number of anilines is 1. The average molecular weight is 375 g/mol. The molecule has 8 heteroatoms. The lowest BCUT2D eigenvalue weighted by atomic mass is 10.1. The number of carbonyl (C=O) groups excluding carboxylic acids is 1. The van der Waals surface area contributed by atoms with Gasteiger partial charge in [0.05, 0.1) is 10.9 Å². The van der Waals surface area contributed by atoms with Crippen LogP contribution in [0.4, 0.5) is 18.9 Å². The molecule has 1 N–H and O–H groups in total. The monoisotopic (exact) mass is 375 g/mol. The Labute approximate surface area is 152 Å². The van der Waals surface area contributed by atoms with Gasteiger partial charge in [0.25, 0.3) is 11.5 Å². The molecule has 0 aliphatic rings. The smallest absolute Gasteiger partial charge is 0.321 e. The van der Waals surface area contributed by atoms with Gasteiger partial charge in [0.2, 0.25) is 0 Å². The van der Waals surface area contributed by atoms with E-state index in [0.29, 0.717) is 23.7 Å². The van der Waals surface area contributed by atoms with Crippen LogP contribution in [0.3, 0.4) is 0 Å². The molecular weight excluding hydrogens is 359 g/mol. The topological polar surface area (TPSA) is 64.0 Å². The third-order valence-electron chi connectivity index (χ3n) is 3.97. The van der Waals surface area contributed by atoms with E-state index in [9.17, 15) is 22.8 Å². The van der Waals surface area contributed by atoms with Crippen molar-refractivity contribution in [1.82, 2.24) is 9.78 Å². The van der Waals surface area contributed by atoms with Gasteiger partial charge >= 0.3 is 6.18 Å². The first kappa shape index (κ1) is 18.6. The molecule has 0 radical (unpaired) electrons. The number of amides is 1. The Balaban J connectivity index is 2.04. The summed E-state index contributed by atoms with van der Waals surface area (Å²) in [5, 5.41) is 7.24. The minimum absolute atomic E-state index is 0.00560. The maximum atomic E-state index is 12.9. The van der Waals surface area contributed by atoms with Gasteiger partial charge in [0.1, 0.15) is 0 Å². The van der Waals surface area contributed by atoms with E-state index in [1.165, 1.54) is 16.8 Å². The van der Waals surface area contributed by atoms with Gasteiger partial charge in [-0.1, -0.05) is 31.2 Å². The van der Waals surface area contributed by atoms with Crippen molar-refractivity contribution in [2.75, 3.05) is 5.32 Å². The Bertz CT molecular complexity index is 1060. The molecule has 0 aliphatic heterocycles. The maximum Gasteiger partial charge on any atom is 0.416 e. The number of benzene rings is 2. The van der Waals surface area contributed by atoms with Gasteiger partial charge in [0, 0.05) is 17.6 Å². The number of rotatable bonds is 4. The van der Waals surface area contributed by atoms with Crippen LogP contribution >= 0.6 is 0 Å². The average Bonchev–Trinajstić information content (AvgIpc) is 2.63. The third kappa shape index (κ3) is 3.84. The molecule has 0 aliphatic carbocycles. The van der Waals surface area contributed by atoms with Gasteiger partial charge in [-0.3, -0.25) is 9.59 Å². The zero-order valence-corrected chi connectivity index (χ0v) is 14.4. The Morgan fingerprint density at radius 2 is 1.81 bits per heavy atom. The second kappa shape index (κ2) is 7.22. The highest BCUT2D eigenvalue weighted by molar-refractivity contribution is 6.11. The Morgan fingerprint density at radius 3 is 2.48 bits per heavy atom. The van der Waals surface area contributed by atoms with Gasteiger partial charge in [-0.15, -0.1) is 0 Å². The number of alkyl halides is 3. The Hall–Kier alpha value is -3.16. The van der Waals surface area contributed by atoms with Gasteiger partial charge in [0.15, 0.2) is 5.69 Å². The number of aryl methyl sites for hydroxylation is 1. The molecule has 0 saturated carbocycles. The molecular formula is C19H16F3N3O2. The van der Waals surface area contributed by atoms with Crippen molar-refractivity contribution in [3.63, 3.8) is 0 Å². The molecule has 2 aromatic carbocycles. The van der Waals surface area contributed by atoms with Crippen LogP contribution in [0.25, 0.3) is 10.8 Å². The molecule has 1 aromatic heterocycles. The van der Waals surface area contributed by atoms with Crippen LogP contribution in [0.2, 0.25) is 0 Å². The zero-order valence-electron chi connectivity index (χ0n) is 14.4. The summed E-state index contributed by atoms with van der Waals surface area (Å²) in [5.74, 6) is -0.685. The number of nitrogens with zero attached hydrogens (tertiary/aromatic N) is 2. The number of hydrogen-bond donors (Lipinski definition) is 1. The van der Waals surface area contributed by atoms with Crippen LogP contribution in [-0.4, -0.2) is 15.7 Å². The molecule has 0 spiro atoms. The largest absolute Gasteiger partial charge is 0.416 e. The fourth-order valence-corrected chi connectivity index (χ4v) is 2.73. The highest BCUT2D eigenvalue weighted by atomic mass is 19.4. The van der Waals surface area contributed by atoms with Crippen molar-refractivity contribution in [2.45, 2.75) is 26.1 Å². The van der Waals surface area contributed by atoms with Gasteiger partial charge in [-0.25, -0.2) is 4.68 Å². The van der Waals surface area contributed by atoms with Crippen LogP contribution in [0.5, 0.6) is 0 Å². The summed E-state index contributed by atoms with van der Waals surface area (Å²) in [6.07, 6.45) is -3.88. The van der Waals surface area contributed by atoms with Gasteiger partial charge < -0.3 is 5.32 Å². The summed E-state index contributed by atoms with van der Waals surface area (Å²) >= 11 is 0. The van der Waals surface area contributed by atoms with E-state index < -0.39 is 17.6 Å². The summed E-state index contributed by atoms with van der Waals surface area (Å²) in [4.78, 5) is 25.1. The highest BCUT2D eigenvalue weighted by Crippen LogP contribution is 2.30. The Kier molecular flexibility index (Phi) is 4.98. The molecule has 0 unspecified atom stereocenters. The van der Waals surface area contributed by atoms with Gasteiger partial charge in [-0.2, -0.15) is 18.3 Å². The molecule has 27 heavy (non-hydrogen) atoms. The lowest BCUT2D eigenvalue weighted by molar-refractivity contribution is -0.137. The summed E-state index contributed by atoms with van der Waals surface area (Å²) < 4.78 is 39.8. The van der Waals surface area contributed by atoms with E-state index in [0.717, 1.165) is 12.1 Å². The van der Waals surface area contributed by atoms with E-state index >= 15 is 0 Å². The van der Waals surface area contributed by atoms with Crippen molar-refractivity contribution in [2.24, 2.45) is 0 Å². The second-order valence-corrected chi connectivity index (χ2v) is 5.96. The van der Waals surface area contributed by atoms with E-state index in [2.05, 4.69) is 10.4 Å². The number of carbonyl (C=O) groups is 1. The van der Waals surface area contributed by atoms with E-state index in [1.54, 1.807) is 24.3 Å². The number of hydrogen-bond acceptors (Lipinski definition) is 3. The van der Waals surface area contributed by atoms with E-state index in [1.807, 2.05) is 6.92 Å². The first-order chi connectivity index (χ1) is 12.8. The first-order valence-electron chi connectivity index (χ1n) is 8.29. The summed E-state index contributed by atoms with van der Waals surface area (Å²) in [7, 11) is 0. The first-order valence-corrected chi connectivity index (χ1v) is 8.29. The fraction of sp³-hybridized carbons (Fsp3) is 0.211. The fourth-order valence-electron chi connectivity index (χ4n) is 2.73. The third-order valence-corrected chi connectivity index (χ3v) is 3.97. The van der Waals surface area contributed by atoms with Crippen LogP contribution in [0, 0.1) is 0 Å². The molecule has 0 bridgehead atoms. The molecule has 1 amide bonds. The van der Waals surface area contributed by atoms with E-state index in [-0.39, 0.29) is 16.9 Å². The molecule has 3 aromatic rings. The highest BCUT2D eigenvalue weighted by Gasteiger charge is 2.30. The number of aromatic nitrogens is 2. The minimum Gasteiger partial charge on any atom is -0.321 e. The van der Waals surface area contributed by atoms with Crippen LogP contribution < -0.4 is 10.9 Å². The van der Waals surface area contributed by atoms with Crippen LogP contribution in [0.1, 0.15) is 29.4 Å². The molecule has 140 valence electrons. The predicted octanol–water partition coefficient (Wildman–Crippen LogP) is 4.08. The molecule has 1 heterocycles. The maximum absolute atomic E-state index is 12.9. The number of nitrogens with one attached hydrogen (secondary N) is 1.